The van der Waals surface area contributed by atoms with Crippen molar-refractivity contribution < 1.29 is 8.42 Å². The van der Waals surface area contributed by atoms with E-state index in [1.807, 2.05) is 30.3 Å². The molecule has 0 amide bonds. The monoisotopic (exact) mass is 296 g/mol. The summed E-state index contributed by atoms with van der Waals surface area (Å²) in [6.45, 7) is 0. The highest BCUT2D eigenvalue weighted by Gasteiger charge is 2.16. The van der Waals surface area contributed by atoms with Gasteiger partial charge in [-0.2, -0.15) is 12.8 Å². The number of benzene rings is 2. The van der Waals surface area contributed by atoms with Gasteiger partial charge in [0.15, 0.2) is 0 Å². The lowest BCUT2D eigenvalue weighted by Crippen LogP contribution is -2.00. The summed E-state index contributed by atoms with van der Waals surface area (Å²) in [6.07, 6.45) is 2.92. The first kappa shape index (κ1) is 13.5. The summed E-state index contributed by atoms with van der Waals surface area (Å²) in [4.78, 5) is 4.27. The number of rotatable bonds is 3. The van der Waals surface area contributed by atoms with E-state index in [9.17, 15) is 8.42 Å². The smallest absolute Gasteiger partial charge is 0.255 e. The first-order chi connectivity index (χ1) is 10.2. The Morgan fingerprint density at radius 1 is 0.905 bits per heavy atom. The second-order valence-electron chi connectivity index (χ2n) is 4.45. The van der Waals surface area contributed by atoms with Crippen molar-refractivity contribution in [3.05, 3.63) is 72.4 Å². The van der Waals surface area contributed by atoms with Gasteiger partial charge in [-0.1, -0.05) is 48.5 Å². The summed E-state index contributed by atoms with van der Waals surface area (Å²) < 4.78 is 28.5. The molecule has 0 aliphatic heterocycles. The molecule has 0 aliphatic rings. The van der Waals surface area contributed by atoms with E-state index in [-0.39, 0.29) is 4.90 Å². The molecule has 0 fully saturated rings. The SMILES string of the molecule is O=S(=O)(/N=C/c1ccccc1)c1cccc2cccnc12. The Morgan fingerprint density at radius 3 is 2.48 bits per heavy atom. The Morgan fingerprint density at radius 2 is 1.67 bits per heavy atom. The first-order valence-corrected chi connectivity index (χ1v) is 7.80. The zero-order valence-corrected chi connectivity index (χ0v) is 11.9. The van der Waals surface area contributed by atoms with Crippen LogP contribution in [0.1, 0.15) is 5.56 Å². The average molecular weight is 296 g/mol. The maximum Gasteiger partial charge on any atom is 0.284 e. The van der Waals surface area contributed by atoms with Crippen molar-refractivity contribution in [3.8, 4) is 0 Å². The molecule has 2 aromatic carbocycles. The number of pyridine rings is 1. The van der Waals surface area contributed by atoms with Crippen molar-refractivity contribution in [1.29, 1.82) is 0 Å². The molecule has 0 N–H and O–H groups in total. The van der Waals surface area contributed by atoms with Gasteiger partial charge in [0.05, 0.1) is 5.52 Å². The number of hydrogen-bond donors (Lipinski definition) is 0. The number of nitrogens with zero attached hydrogens (tertiary/aromatic N) is 2. The third-order valence-electron chi connectivity index (χ3n) is 3.01. The van der Waals surface area contributed by atoms with Gasteiger partial charge < -0.3 is 0 Å². The molecule has 0 saturated heterocycles. The number of para-hydroxylation sites is 1. The summed E-state index contributed by atoms with van der Waals surface area (Å²) >= 11 is 0. The van der Waals surface area contributed by atoms with E-state index in [1.54, 1.807) is 30.5 Å². The van der Waals surface area contributed by atoms with E-state index in [4.69, 9.17) is 0 Å². The van der Waals surface area contributed by atoms with Crippen molar-refractivity contribution in [1.82, 2.24) is 4.98 Å². The largest absolute Gasteiger partial charge is 0.284 e. The third-order valence-corrected chi connectivity index (χ3v) is 4.28. The van der Waals surface area contributed by atoms with Gasteiger partial charge in [-0.25, -0.2) is 0 Å². The van der Waals surface area contributed by atoms with Crippen LogP contribution in [0.5, 0.6) is 0 Å². The van der Waals surface area contributed by atoms with Crippen molar-refractivity contribution in [2.75, 3.05) is 0 Å². The first-order valence-electron chi connectivity index (χ1n) is 6.36. The molecule has 21 heavy (non-hydrogen) atoms. The second kappa shape index (κ2) is 5.46. The molecule has 0 bridgehead atoms. The van der Waals surface area contributed by atoms with E-state index in [1.165, 1.54) is 12.3 Å². The van der Waals surface area contributed by atoms with E-state index >= 15 is 0 Å². The minimum Gasteiger partial charge on any atom is -0.255 e. The normalized spacial score (nSPS) is 12.0. The quantitative estimate of drug-likeness (QED) is 0.698. The molecule has 0 radical (unpaired) electrons. The molecule has 0 spiro atoms. The predicted molar refractivity (Wildman–Crippen MR) is 83.0 cm³/mol. The Hall–Kier alpha value is -2.53. The highest BCUT2D eigenvalue weighted by Crippen LogP contribution is 2.22. The molecular weight excluding hydrogens is 284 g/mol. The van der Waals surface area contributed by atoms with E-state index < -0.39 is 10.0 Å². The summed E-state index contributed by atoms with van der Waals surface area (Å²) in [6, 6.07) is 17.7. The van der Waals surface area contributed by atoms with Gasteiger partial charge in [0.25, 0.3) is 10.0 Å². The lowest BCUT2D eigenvalue weighted by Gasteiger charge is -2.03. The lowest BCUT2D eigenvalue weighted by molar-refractivity contribution is 0.599. The van der Waals surface area contributed by atoms with Crippen LogP contribution in [0.25, 0.3) is 10.9 Å². The summed E-state index contributed by atoms with van der Waals surface area (Å²) in [5.74, 6) is 0. The van der Waals surface area contributed by atoms with E-state index in [2.05, 4.69) is 9.38 Å². The molecule has 1 aromatic heterocycles. The van der Waals surface area contributed by atoms with Crippen LogP contribution in [-0.4, -0.2) is 19.6 Å². The van der Waals surface area contributed by atoms with Crippen molar-refractivity contribution >= 4 is 27.1 Å². The summed E-state index contributed by atoms with van der Waals surface area (Å²) in [5, 5.41) is 0.772. The molecule has 0 atom stereocenters. The average Bonchev–Trinajstić information content (AvgIpc) is 2.53. The predicted octanol–water partition coefficient (Wildman–Crippen LogP) is 3.04. The Balaban J connectivity index is 2.07. The van der Waals surface area contributed by atoms with E-state index in [0.29, 0.717) is 5.52 Å². The van der Waals surface area contributed by atoms with Crippen LogP contribution in [0, 0.1) is 0 Å². The van der Waals surface area contributed by atoms with Gasteiger partial charge in [-0.15, -0.1) is 0 Å². The number of sulfonamides is 1. The summed E-state index contributed by atoms with van der Waals surface area (Å²) in [5.41, 5.74) is 1.17. The van der Waals surface area contributed by atoms with E-state index in [0.717, 1.165) is 10.9 Å². The van der Waals surface area contributed by atoms with Crippen molar-refractivity contribution in [3.63, 3.8) is 0 Å². The fourth-order valence-electron chi connectivity index (χ4n) is 2.01. The van der Waals surface area contributed by atoms with Crippen molar-refractivity contribution in [2.24, 2.45) is 4.40 Å². The topological polar surface area (TPSA) is 59.4 Å². The molecule has 5 heteroatoms. The van der Waals surface area contributed by atoms with Crippen LogP contribution < -0.4 is 0 Å². The van der Waals surface area contributed by atoms with Gasteiger partial charge in [-0.05, 0) is 17.7 Å². The van der Waals surface area contributed by atoms with Crippen LogP contribution in [0.15, 0.2) is 76.2 Å². The minimum atomic E-state index is -3.78. The standard InChI is InChI=1S/C16H12N2O2S/c19-21(20,18-12-13-6-2-1-3-7-13)15-10-4-8-14-9-5-11-17-16(14)15/h1-12H/b18-12+. The molecule has 0 aliphatic carbocycles. The van der Waals surface area contributed by atoms with Crippen LogP contribution in [0.4, 0.5) is 0 Å². The van der Waals surface area contributed by atoms with Crippen LogP contribution in [0.3, 0.4) is 0 Å². The number of hydrogen-bond acceptors (Lipinski definition) is 3. The minimum absolute atomic E-state index is 0.118. The Kier molecular flexibility index (Phi) is 3.50. The Labute approximate surface area is 122 Å². The van der Waals surface area contributed by atoms with Gasteiger partial charge in [0.1, 0.15) is 4.90 Å². The van der Waals surface area contributed by atoms with Crippen LogP contribution in [-0.2, 0) is 10.0 Å². The zero-order chi connectivity index (χ0) is 14.7. The zero-order valence-electron chi connectivity index (χ0n) is 11.0. The van der Waals surface area contributed by atoms with Crippen molar-refractivity contribution in [2.45, 2.75) is 4.90 Å². The lowest BCUT2D eigenvalue weighted by atomic mass is 10.2. The number of fused-ring (bicyclic) bond motifs is 1. The third kappa shape index (κ3) is 2.83. The molecule has 104 valence electrons. The maximum atomic E-state index is 12.4. The van der Waals surface area contributed by atoms with Gasteiger partial charge in [0, 0.05) is 17.8 Å². The summed E-state index contributed by atoms with van der Waals surface area (Å²) in [7, 11) is -3.78. The highest BCUT2D eigenvalue weighted by molar-refractivity contribution is 7.90. The fraction of sp³-hybridized carbons (Fsp3) is 0. The highest BCUT2D eigenvalue weighted by atomic mass is 32.2. The van der Waals surface area contributed by atoms with Gasteiger partial charge >= 0.3 is 0 Å². The van der Waals surface area contributed by atoms with Gasteiger partial charge in [-0.3, -0.25) is 4.98 Å². The number of aromatic nitrogens is 1. The Bertz CT molecular complexity index is 898. The molecule has 0 unspecified atom stereocenters. The van der Waals surface area contributed by atoms with Crippen LogP contribution in [0.2, 0.25) is 0 Å². The molecule has 1 heterocycles. The van der Waals surface area contributed by atoms with Crippen LogP contribution >= 0.6 is 0 Å². The molecule has 3 aromatic rings. The van der Waals surface area contributed by atoms with Gasteiger partial charge in [0.2, 0.25) is 0 Å². The molecule has 0 saturated carbocycles. The molecule has 3 rings (SSSR count). The molecule has 4 nitrogen and oxygen atoms in total. The molecular formula is C16H12N2O2S. The maximum absolute atomic E-state index is 12.4. The second-order valence-corrected chi connectivity index (χ2v) is 6.05. The fourth-order valence-corrected chi connectivity index (χ4v) is 3.05.